The van der Waals surface area contributed by atoms with Gasteiger partial charge < -0.3 is 14.2 Å². The Labute approximate surface area is 151 Å². The van der Waals surface area contributed by atoms with Crippen LogP contribution in [0.4, 0.5) is 0 Å². The van der Waals surface area contributed by atoms with Crippen LogP contribution in [0, 0.1) is 0 Å². The summed E-state index contributed by atoms with van der Waals surface area (Å²) in [5, 5.41) is 0. The fraction of sp³-hybridized carbons (Fsp3) is 0.263. The molecule has 1 aliphatic rings. The van der Waals surface area contributed by atoms with Gasteiger partial charge in [0.2, 0.25) is 0 Å². The second-order valence-corrected chi connectivity index (χ2v) is 6.22. The smallest absolute Gasteiger partial charge is 0.274 e. The maximum absolute atomic E-state index is 12.9. The third-order valence-corrected chi connectivity index (χ3v) is 4.41. The summed E-state index contributed by atoms with van der Waals surface area (Å²) in [5.41, 5.74) is 2.49. The number of nitrogens with zero attached hydrogens (tertiary/aromatic N) is 5. The summed E-state index contributed by atoms with van der Waals surface area (Å²) in [7, 11) is 0. The van der Waals surface area contributed by atoms with E-state index in [1.165, 1.54) is 12.4 Å². The minimum atomic E-state index is -0.134. The van der Waals surface area contributed by atoms with Gasteiger partial charge in [0.25, 0.3) is 5.91 Å². The zero-order chi connectivity index (χ0) is 17.8. The molecule has 4 rings (SSSR count). The summed E-state index contributed by atoms with van der Waals surface area (Å²) >= 11 is 0. The fourth-order valence-corrected chi connectivity index (χ4v) is 3.08. The molecular formula is C19H19N5O2. The average molecular weight is 349 g/mol. The Balaban J connectivity index is 1.53. The quantitative estimate of drug-likeness (QED) is 0.719. The molecule has 0 saturated carbocycles. The van der Waals surface area contributed by atoms with E-state index in [9.17, 15) is 4.79 Å². The van der Waals surface area contributed by atoms with Crippen molar-refractivity contribution in [3.05, 3.63) is 78.4 Å². The lowest BCUT2D eigenvalue weighted by molar-refractivity contribution is 0.0103. The van der Waals surface area contributed by atoms with Gasteiger partial charge in [-0.1, -0.05) is 0 Å². The first-order chi connectivity index (χ1) is 12.8. The van der Waals surface area contributed by atoms with Crippen LogP contribution in [0.25, 0.3) is 0 Å². The van der Waals surface area contributed by atoms with Crippen molar-refractivity contribution in [2.75, 3.05) is 6.54 Å². The average Bonchev–Trinajstić information content (AvgIpc) is 3.05. The van der Waals surface area contributed by atoms with Crippen molar-refractivity contribution < 1.29 is 9.53 Å². The van der Waals surface area contributed by atoms with Gasteiger partial charge in [-0.3, -0.25) is 14.8 Å². The van der Waals surface area contributed by atoms with E-state index < -0.39 is 0 Å². The number of hydrogen-bond donors (Lipinski definition) is 0. The van der Waals surface area contributed by atoms with Crippen LogP contribution in [0.1, 0.15) is 21.7 Å². The van der Waals surface area contributed by atoms with Gasteiger partial charge in [-0.2, -0.15) is 0 Å². The van der Waals surface area contributed by atoms with Crippen LogP contribution in [0.3, 0.4) is 0 Å². The van der Waals surface area contributed by atoms with Gasteiger partial charge in [0.1, 0.15) is 5.69 Å². The van der Waals surface area contributed by atoms with Gasteiger partial charge in [-0.05, 0) is 29.8 Å². The van der Waals surface area contributed by atoms with Crippen LogP contribution >= 0.6 is 0 Å². The lowest BCUT2D eigenvalue weighted by atomic mass is 10.2. The van der Waals surface area contributed by atoms with E-state index in [4.69, 9.17) is 4.74 Å². The van der Waals surface area contributed by atoms with Gasteiger partial charge in [0, 0.05) is 43.2 Å². The third kappa shape index (κ3) is 3.62. The molecule has 0 unspecified atom stereocenters. The Bertz CT molecular complexity index is 866. The molecule has 7 heteroatoms. The van der Waals surface area contributed by atoms with Gasteiger partial charge in [0.05, 0.1) is 32.0 Å². The molecule has 0 spiro atoms. The van der Waals surface area contributed by atoms with E-state index in [-0.39, 0.29) is 12.0 Å². The number of aromatic nitrogens is 4. The van der Waals surface area contributed by atoms with E-state index in [1.54, 1.807) is 23.5 Å². The molecule has 3 aromatic rings. The van der Waals surface area contributed by atoms with Crippen LogP contribution in [0.2, 0.25) is 0 Å². The highest BCUT2D eigenvalue weighted by Crippen LogP contribution is 2.18. The largest absolute Gasteiger partial charge is 0.370 e. The minimum absolute atomic E-state index is 0.113. The molecule has 1 amide bonds. The third-order valence-electron chi connectivity index (χ3n) is 4.41. The molecule has 3 aromatic heterocycles. The van der Waals surface area contributed by atoms with Crippen molar-refractivity contribution in [2.45, 2.75) is 25.8 Å². The van der Waals surface area contributed by atoms with Crippen molar-refractivity contribution in [2.24, 2.45) is 0 Å². The molecule has 0 radical (unpaired) electrons. The number of carbonyl (C=O) groups is 1. The number of ether oxygens (including phenoxy) is 1. The first-order valence-electron chi connectivity index (χ1n) is 8.49. The Kier molecular flexibility index (Phi) is 4.70. The molecular weight excluding hydrogens is 330 g/mol. The predicted molar refractivity (Wildman–Crippen MR) is 94.0 cm³/mol. The Hall–Kier alpha value is -3.06. The van der Waals surface area contributed by atoms with E-state index in [0.717, 1.165) is 11.3 Å². The second-order valence-electron chi connectivity index (χ2n) is 6.22. The van der Waals surface area contributed by atoms with Crippen LogP contribution in [-0.2, 0) is 24.4 Å². The molecule has 0 N–H and O–H groups in total. The minimum Gasteiger partial charge on any atom is -0.370 e. The number of fused-ring (bicyclic) bond motifs is 1. The summed E-state index contributed by atoms with van der Waals surface area (Å²) in [4.78, 5) is 26.8. The molecule has 4 heterocycles. The van der Waals surface area contributed by atoms with E-state index in [2.05, 4.69) is 19.5 Å². The lowest BCUT2D eigenvalue weighted by Gasteiger charge is -2.24. The first kappa shape index (κ1) is 16.4. The number of hydrogen-bond acceptors (Lipinski definition) is 5. The Morgan fingerprint density at radius 1 is 1.12 bits per heavy atom. The van der Waals surface area contributed by atoms with Crippen LogP contribution in [0.15, 0.2) is 61.4 Å². The highest BCUT2D eigenvalue weighted by atomic mass is 16.5. The molecule has 7 nitrogen and oxygen atoms in total. The number of amides is 1. The summed E-state index contributed by atoms with van der Waals surface area (Å²) in [6.07, 6.45) is 10.0. The lowest BCUT2D eigenvalue weighted by Crippen LogP contribution is -2.37. The molecule has 26 heavy (non-hydrogen) atoms. The van der Waals surface area contributed by atoms with Crippen molar-refractivity contribution in [3.8, 4) is 0 Å². The molecule has 0 aromatic carbocycles. The van der Waals surface area contributed by atoms with Crippen LogP contribution < -0.4 is 0 Å². The molecule has 0 aliphatic carbocycles. The summed E-state index contributed by atoms with van der Waals surface area (Å²) in [5.74, 6) is -0.134. The summed E-state index contributed by atoms with van der Waals surface area (Å²) in [6.45, 7) is 2.22. The van der Waals surface area contributed by atoms with E-state index in [0.29, 0.717) is 31.9 Å². The fourth-order valence-electron chi connectivity index (χ4n) is 3.08. The van der Waals surface area contributed by atoms with Crippen LogP contribution in [-0.4, -0.2) is 43.0 Å². The van der Waals surface area contributed by atoms with Gasteiger partial charge in [0.15, 0.2) is 0 Å². The maximum Gasteiger partial charge on any atom is 0.274 e. The zero-order valence-corrected chi connectivity index (χ0v) is 14.2. The molecule has 0 saturated heterocycles. The standard InChI is InChI=1S/C19H19N5O2/c25-19(18-10-21-7-8-22-18)24-11-16-2-1-9-23(16)12-17(13-24)26-14-15-3-5-20-6-4-15/h1-10,17H,11-14H2/t17-/m0/s1. The summed E-state index contributed by atoms with van der Waals surface area (Å²) < 4.78 is 8.25. The zero-order valence-electron chi connectivity index (χ0n) is 14.2. The van der Waals surface area contributed by atoms with Crippen LogP contribution in [0.5, 0.6) is 0 Å². The topological polar surface area (TPSA) is 73.1 Å². The molecule has 132 valence electrons. The molecule has 1 aliphatic heterocycles. The Morgan fingerprint density at radius 3 is 2.81 bits per heavy atom. The highest BCUT2D eigenvalue weighted by Gasteiger charge is 2.26. The molecule has 0 bridgehead atoms. The first-order valence-corrected chi connectivity index (χ1v) is 8.49. The Morgan fingerprint density at radius 2 is 2.00 bits per heavy atom. The van der Waals surface area contributed by atoms with Crippen molar-refractivity contribution >= 4 is 5.91 Å². The summed E-state index contributed by atoms with van der Waals surface area (Å²) in [6, 6.07) is 7.88. The van der Waals surface area contributed by atoms with Gasteiger partial charge >= 0.3 is 0 Å². The van der Waals surface area contributed by atoms with Crippen molar-refractivity contribution in [3.63, 3.8) is 0 Å². The van der Waals surface area contributed by atoms with E-state index >= 15 is 0 Å². The van der Waals surface area contributed by atoms with Crippen molar-refractivity contribution in [1.82, 2.24) is 24.4 Å². The SMILES string of the molecule is O=C(c1cnccn1)N1Cc2cccn2C[C@H](OCc2ccncc2)C1. The van der Waals surface area contributed by atoms with Crippen molar-refractivity contribution in [1.29, 1.82) is 0 Å². The predicted octanol–water partition coefficient (Wildman–Crippen LogP) is 1.91. The van der Waals surface area contributed by atoms with Gasteiger partial charge in [-0.15, -0.1) is 0 Å². The second kappa shape index (κ2) is 7.45. The molecule has 0 fully saturated rings. The highest BCUT2D eigenvalue weighted by molar-refractivity contribution is 5.91. The number of rotatable bonds is 4. The molecule has 1 atom stereocenters. The monoisotopic (exact) mass is 349 g/mol. The van der Waals surface area contributed by atoms with E-state index in [1.807, 2.05) is 30.5 Å². The normalized spacial score (nSPS) is 16.8. The number of carbonyl (C=O) groups excluding carboxylic acids is 1. The van der Waals surface area contributed by atoms with Gasteiger partial charge in [-0.25, -0.2) is 4.98 Å². The number of pyridine rings is 1. The maximum atomic E-state index is 12.9.